The third kappa shape index (κ3) is 4.36. The Morgan fingerprint density at radius 3 is 2.71 bits per heavy atom. The first-order chi connectivity index (χ1) is 15.1. The topological polar surface area (TPSA) is 74.3 Å². The maximum atomic E-state index is 13.1. The summed E-state index contributed by atoms with van der Waals surface area (Å²) in [6, 6.07) is 6.57. The van der Waals surface area contributed by atoms with E-state index in [9.17, 15) is 9.59 Å². The molecule has 3 fully saturated rings. The molecule has 8 nitrogen and oxygen atoms in total. The van der Waals surface area contributed by atoms with Gasteiger partial charge in [-0.25, -0.2) is 0 Å². The SMILES string of the molecule is COc1ccc2c(c1)N1CCN(CC(=O)N3CCOCC3)CC1C(C(=O)NC1CC1)C2. The van der Waals surface area contributed by atoms with Crippen molar-refractivity contribution in [1.82, 2.24) is 15.1 Å². The van der Waals surface area contributed by atoms with Crippen molar-refractivity contribution >= 4 is 17.5 Å². The number of carbonyl (C=O) groups excluding carboxylic acids is 2. The van der Waals surface area contributed by atoms with E-state index in [1.165, 1.54) is 11.3 Å². The fourth-order valence-corrected chi connectivity index (χ4v) is 5.05. The van der Waals surface area contributed by atoms with E-state index in [0.717, 1.165) is 44.6 Å². The molecule has 0 bridgehead atoms. The molecule has 1 saturated carbocycles. The molecule has 168 valence electrons. The summed E-state index contributed by atoms with van der Waals surface area (Å²) in [6.07, 6.45) is 2.89. The van der Waals surface area contributed by atoms with Crippen molar-refractivity contribution in [3.63, 3.8) is 0 Å². The van der Waals surface area contributed by atoms with Gasteiger partial charge < -0.3 is 24.6 Å². The summed E-state index contributed by atoms with van der Waals surface area (Å²) in [5.74, 6) is 1.04. The molecular formula is C23H32N4O4. The van der Waals surface area contributed by atoms with Crippen molar-refractivity contribution in [2.45, 2.75) is 31.3 Å². The first-order valence-electron chi connectivity index (χ1n) is 11.4. The first kappa shape index (κ1) is 20.6. The molecule has 1 aromatic rings. The number of nitrogens with zero attached hydrogens (tertiary/aromatic N) is 3. The van der Waals surface area contributed by atoms with Crippen LogP contribution in [0.25, 0.3) is 0 Å². The molecule has 1 aromatic carbocycles. The second kappa shape index (κ2) is 8.67. The van der Waals surface area contributed by atoms with Crippen LogP contribution in [0.15, 0.2) is 18.2 Å². The Labute approximate surface area is 183 Å². The number of fused-ring (bicyclic) bond motifs is 3. The minimum absolute atomic E-state index is 0.0598. The van der Waals surface area contributed by atoms with Crippen LogP contribution in [0.3, 0.4) is 0 Å². The summed E-state index contributed by atoms with van der Waals surface area (Å²) in [6.45, 7) is 5.30. The van der Waals surface area contributed by atoms with Crippen LogP contribution in [0.4, 0.5) is 5.69 Å². The van der Waals surface area contributed by atoms with E-state index >= 15 is 0 Å². The maximum absolute atomic E-state index is 13.1. The van der Waals surface area contributed by atoms with Gasteiger partial charge in [0.25, 0.3) is 0 Å². The lowest BCUT2D eigenvalue weighted by molar-refractivity contribution is -0.136. The molecule has 1 aliphatic carbocycles. The molecule has 3 aliphatic heterocycles. The minimum atomic E-state index is -0.109. The van der Waals surface area contributed by atoms with Crippen LogP contribution in [0.1, 0.15) is 18.4 Å². The average molecular weight is 429 g/mol. The van der Waals surface area contributed by atoms with Crippen LogP contribution in [0.2, 0.25) is 0 Å². The molecule has 1 N–H and O–H groups in total. The average Bonchev–Trinajstić information content (AvgIpc) is 3.62. The number of hydrogen-bond donors (Lipinski definition) is 1. The lowest BCUT2D eigenvalue weighted by Crippen LogP contribution is -2.62. The van der Waals surface area contributed by atoms with E-state index in [1.54, 1.807) is 7.11 Å². The first-order valence-corrected chi connectivity index (χ1v) is 11.4. The van der Waals surface area contributed by atoms with E-state index in [-0.39, 0.29) is 23.8 Å². The number of piperazine rings is 1. The third-order valence-electron chi connectivity index (χ3n) is 6.99. The zero-order valence-corrected chi connectivity index (χ0v) is 18.2. The summed E-state index contributed by atoms with van der Waals surface area (Å²) in [7, 11) is 1.68. The van der Waals surface area contributed by atoms with Crippen LogP contribution in [-0.2, 0) is 20.7 Å². The number of hydrogen-bond acceptors (Lipinski definition) is 6. The lowest BCUT2D eigenvalue weighted by atomic mass is 9.83. The predicted octanol–water partition coefficient (Wildman–Crippen LogP) is 0.496. The highest BCUT2D eigenvalue weighted by atomic mass is 16.5. The Bertz CT molecular complexity index is 837. The summed E-state index contributed by atoms with van der Waals surface area (Å²) in [4.78, 5) is 32.4. The molecule has 5 rings (SSSR count). The zero-order valence-electron chi connectivity index (χ0n) is 18.2. The van der Waals surface area contributed by atoms with E-state index < -0.39 is 0 Å². The number of rotatable bonds is 5. The smallest absolute Gasteiger partial charge is 0.236 e. The monoisotopic (exact) mass is 428 g/mol. The molecule has 2 amide bonds. The normalized spacial score (nSPS) is 26.1. The molecular weight excluding hydrogens is 396 g/mol. The molecule has 4 aliphatic rings. The van der Waals surface area contributed by atoms with Gasteiger partial charge in [0.15, 0.2) is 0 Å². The van der Waals surface area contributed by atoms with Gasteiger partial charge in [0.05, 0.1) is 38.8 Å². The number of carbonyl (C=O) groups is 2. The minimum Gasteiger partial charge on any atom is -0.497 e. The van der Waals surface area contributed by atoms with Crippen LogP contribution >= 0.6 is 0 Å². The van der Waals surface area contributed by atoms with Gasteiger partial charge in [-0.3, -0.25) is 14.5 Å². The summed E-state index contributed by atoms with van der Waals surface area (Å²) >= 11 is 0. The standard InChI is InChI=1S/C23H32N4O4/c1-30-18-5-2-16-12-19(23(29)24-17-3-4-17)21-14-25(6-7-27(21)20(16)13-18)15-22(28)26-8-10-31-11-9-26/h2,5,13,17,19,21H,3-4,6-12,14-15H2,1H3,(H,24,29). The Balaban J connectivity index is 1.34. The van der Waals surface area contributed by atoms with Gasteiger partial charge >= 0.3 is 0 Å². The molecule has 0 aromatic heterocycles. The number of morpholine rings is 1. The van der Waals surface area contributed by atoms with E-state index in [4.69, 9.17) is 9.47 Å². The molecule has 31 heavy (non-hydrogen) atoms. The molecule has 0 radical (unpaired) electrons. The van der Waals surface area contributed by atoms with Crippen molar-refractivity contribution in [2.24, 2.45) is 5.92 Å². The predicted molar refractivity (Wildman–Crippen MR) is 116 cm³/mol. The lowest BCUT2D eigenvalue weighted by Gasteiger charge is -2.49. The highest BCUT2D eigenvalue weighted by molar-refractivity contribution is 5.83. The highest BCUT2D eigenvalue weighted by Crippen LogP contribution is 2.38. The van der Waals surface area contributed by atoms with Crippen molar-refractivity contribution < 1.29 is 19.1 Å². The largest absolute Gasteiger partial charge is 0.497 e. The Morgan fingerprint density at radius 2 is 1.97 bits per heavy atom. The number of benzene rings is 1. The highest BCUT2D eigenvalue weighted by Gasteiger charge is 2.43. The number of amides is 2. The van der Waals surface area contributed by atoms with Gasteiger partial charge in [-0.1, -0.05) is 6.07 Å². The Hall–Kier alpha value is -2.32. The quantitative estimate of drug-likeness (QED) is 0.736. The number of ether oxygens (including phenoxy) is 2. The summed E-state index contributed by atoms with van der Waals surface area (Å²) in [5, 5.41) is 3.22. The van der Waals surface area contributed by atoms with Crippen molar-refractivity contribution in [2.75, 3.05) is 64.5 Å². The molecule has 8 heteroatoms. The molecule has 0 spiro atoms. The van der Waals surface area contributed by atoms with Crippen molar-refractivity contribution in [3.05, 3.63) is 23.8 Å². The van der Waals surface area contributed by atoms with Crippen molar-refractivity contribution in [1.29, 1.82) is 0 Å². The number of nitrogens with one attached hydrogen (secondary N) is 1. The molecule has 3 heterocycles. The van der Waals surface area contributed by atoms with Gasteiger partial charge in [0, 0.05) is 50.5 Å². The van der Waals surface area contributed by atoms with Crippen LogP contribution < -0.4 is 15.0 Å². The summed E-state index contributed by atoms with van der Waals surface area (Å²) < 4.78 is 10.8. The number of anilines is 1. The zero-order chi connectivity index (χ0) is 21.4. The van der Waals surface area contributed by atoms with Gasteiger partial charge in [-0.2, -0.15) is 0 Å². The fraction of sp³-hybridized carbons (Fsp3) is 0.652. The molecule has 2 unspecified atom stereocenters. The fourth-order valence-electron chi connectivity index (χ4n) is 5.05. The van der Waals surface area contributed by atoms with E-state index in [0.29, 0.717) is 38.9 Å². The second-order valence-electron chi connectivity index (χ2n) is 9.08. The van der Waals surface area contributed by atoms with Crippen LogP contribution in [0, 0.1) is 5.92 Å². The molecule has 2 atom stereocenters. The summed E-state index contributed by atoms with van der Waals surface area (Å²) in [5.41, 5.74) is 2.37. The third-order valence-corrected chi connectivity index (χ3v) is 6.99. The Kier molecular flexibility index (Phi) is 5.75. The van der Waals surface area contributed by atoms with Gasteiger partial charge in [0.2, 0.25) is 11.8 Å². The van der Waals surface area contributed by atoms with Gasteiger partial charge in [-0.05, 0) is 30.9 Å². The Morgan fingerprint density at radius 1 is 1.16 bits per heavy atom. The molecule has 2 saturated heterocycles. The van der Waals surface area contributed by atoms with Gasteiger partial charge in [0.1, 0.15) is 5.75 Å². The van der Waals surface area contributed by atoms with Crippen molar-refractivity contribution in [3.8, 4) is 5.75 Å². The van der Waals surface area contributed by atoms with E-state index in [2.05, 4.69) is 27.2 Å². The second-order valence-corrected chi connectivity index (χ2v) is 9.08. The van der Waals surface area contributed by atoms with Crippen LogP contribution in [0.5, 0.6) is 5.75 Å². The van der Waals surface area contributed by atoms with E-state index in [1.807, 2.05) is 11.0 Å². The number of methoxy groups -OCH3 is 1. The van der Waals surface area contributed by atoms with Gasteiger partial charge in [-0.15, -0.1) is 0 Å². The maximum Gasteiger partial charge on any atom is 0.236 e. The van der Waals surface area contributed by atoms with Crippen LogP contribution in [-0.4, -0.2) is 93.3 Å².